The molecule has 2 radical (unpaired) electrons. The fourth-order valence-electron chi connectivity index (χ4n) is 16.1. The van der Waals surface area contributed by atoms with Crippen LogP contribution in [0.15, 0.2) is 352 Å². The topological polar surface area (TPSA) is 0 Å². The Balaban J connectivity index is 0.000000147. The van der Waals surface area contributed by atoms with Crippen LogP contribution in [0.25, 0.3) is 143 Å². The fraction of sp³-hybridized carbons (Fsp3) is 0.145. The summed E-state index contributed by atoms with van der Waals surface area (Å²) in [5.41, 5.74) is 23.2. The van der Waals surface area contributed by atoms with Crippen LogP contribution in [0.1, 0.15) is 139 Å². The quantitative estimate of drug-likeness (QED) is 0.0444. The summed E-state index contributed by atoms with van der Waals surface area (Å²) in [6.07, 6.45) is 4.55. The number of rotatable bonds is 9. The van der Waals surface area contributed by atoms with Crippen molar-refractivity contribution < 1.29 is 18.6 Å². The molecule has 0 saturated carbocycles. The summed E-state index contributed by atoms with van der Waals surface area (Å²) in [6, 6.07) is 128. The van der Waals surface area contributed by atoms with E-state index in [1.807, 2.05) is 0 Å². The first-order valence-corrected chi connectivity index (χ1v) is 39.1. The van der Waals surface area contributed by atoms with E-state index in [-0.39, 0.29) is 66.4 Å². The SMILES string of the molecule is C(=C(c1ccccc1)c1ccccc1)c1ccc(-c2ccc(C=C(c3ccccc3)c3ccccc3)cc2)cc1.CC(C)(C)c1cc2cc(C(C)(C)C)cc3c4cc(C(C)(C)C)cc5cc(C(C)(C)C)cc(c(c1)c23)c54.[2H]P.[BiH2].[V].c1ccc2cc(-c3c4ccccc4c(-c4ccc5ccccc5c4)c4ccccc34)ccc2c1. The molecule has 18 rings (SSSR count). The summed E-state index contributed by atoms with van der Waals surface area (Å²) in [6.45, 7) is 28.0. The summed E-state index contributed by atoms with van der Waals surface area (Å²) in [4.78, 5) is 0. The molecule has 0 heterocycles. The van der Waals surface area contributed by atoms with Gasteiger partial charge in [0.15, 0.2) is 0 Å². The Morgan fingerprint density at radius 1 is 0.230 bits per heavy atom. The zero-order valence-electron chi connectivity index (χ0n) is 68.2. The van der Waals surface area contributed by atoms with Gasteiger partial charge in [0.2, 0.25) is 0 Å². The van der Waals surface area contributed by atoms with E-state index in [4.69, 9.17) is 1.28 Å². The summed E-state index contributed by atoms with van der Waals surface area (Å²) < 4.78 is 5.67. The van der Waals surface area contributed by atoms with Gasteiger partial charge >= 0.3 is 26.2 Å². The molecule has 1 unspecified atom stereocenters. The van der Waals surface area contributed by atoms with Crippen molar-refractivity contribution in [2.45, 2.75) is 105 Å². The minimum absolute atomic E-state index is 0. The fourth-order valence-corrected chi connectivity index (χ4v) is 16.1. The van der Waals surface area contributed by atoms with Gasteiger partial charge in [-0.05, 0) is 257 Å². The van der Waals surface area contributed by atoms with E-state index < -0.39 is 0 Å². The molecule has 0 spiro atoms. The largest absolute Gasteiger partial charge is 0.0616 e. The Bertz CT molecular complexity index is 5840. The number of benzene rings is 18. The zero-order valence-corrected chi connectivity index (χ0v) is 74.3. The predicted octanol–water partition coefficient (Wildman–Crippen LogP) is 30.2. The van der Waals surface area contributed by atoms with Crippen molar-refractivity contribution in [1.29, 1.82) is 1.28 Å². The Hall–Kier alpha value is -10.3. The second-order valence-electron chi connectivity index (χ2n) is 34.1. The van der Waals surface area contributed by atoms with Crippen molar-refractivity contribution in [3.63, 3.8) is 0 Å². The molecule has 556 valence electrons. The third-order valence-electron chi connectivity index (χ3n) is 22.3. The zero-order chi connectivity index (χ0) is 78.1. The van der Waals surface area contributed by atoms with Gasteiger partial charge < -0.3 is 0 Å². The first-order chi connectivity index (χ1) is 54.1. The molecule has 0 bridgehead atoms. The van der Waals surface area contributed by atoms with Crippen molar-refractivity contribution in [3.8, 4) is 33.4 Å². The molecule has 3 heteroatoms. The van der Waals surface area contributed by atoms with E-state index in [0.717, 1.165) is 0 Å². The maximum absolute atomic E-state index is 5.67. The van der Waals surface area contributed by atoms with E-state index in [2.05, 4.69) is 447 Å². The monoisotopic (exact) mass is 1710 g/mol. The first kappa shape index (κ1) is 79.3. The van der Waals surface area contributed by atoms with E-state index in [1.54, 1.807) is 9.84 Å². The van der Waals surface area contributed by atoms with Crippen LogP contribution in [0, 0.1) is 0 Å². The Morgan fingerprint density at radius 2 is 0.460 bits per heavy atom. The smallest absolute Gasteiger partial charge is 0 e. The van der Waals surface area contributed by atoms with Crippen LogP contribution in [-0.4, -0.2) is 27.5 Å². The molecule has 18 aromatic carbocycles. The molecule has 0 fully saturated rings. The second-order valence-corrected chi connectivity index (χ2v) is 34.1. The standard InChI is InChI=1S/C40H30.C36H44.C34H22.Bi.H3P.V.2H/c1-5-13-35(14-6-1)39(36-15-7-2-8-16-36)29-31-21-25-33(26-22-31)34-27-23-32(24-28-34)30-40(37-17-9-3-10-18-37)38-19-11-4-12-20-38;1-33(2,3)23-13-21-14-24(34(4,5)6)19-29-30-20-26(36(10,11)12)16-22-15-25(35(7,8)9)18-28(32(22)30)27(17-23)31(21)29;1-3-11-25-21-27(19-17-23(25)9-1)33-29-13-5-7-15-31(29)34(32-16-8-6-14-30(32)33)28-20-18-24-10-2-4-12-26(24)22-28;;;;;/h1-30H;13-20H,1-12H3;1-22H;;1H3;;;/i;;;;1D;;;. The molecule has 0 saturated heterocycles. The maximum Gasteiger partial charge on any atom is 0 e. The van der Waals surface area contributed by atoms with Gasteiger partial charge in [-0.3, -0.25) is 0 Å². The van der Waals surface area contributed by atoms with Gasteiger partial charge in [-0.1, -0.05) is 399 Å². The van der Waals surface area contributed by atoms with Crippen LogP contribution < -0.4 is 0 Å². The van der Waals surface area contributed by atoms with E-state index in [1.165, 1.54) is 186 Å². The van der Waals surface area contributed by atoms with Crippen LogP contribution in [0.4, 0.5) is 0 Å². The molecular formula is C110H101BiPV. The van der Waals surface area contributed by atoms with Crippen molar-refractivity contribution in [1.82, 2.24) is 0 Å². The average Bonchev–Trinajstić information content (AvgIpc) is 0.703. The number of hydrogen-bond donors (Lipinski definition) is 0. The van der Waals surface area contributed by atoms with Gasteiger partial charge in [0.1, 0.15) is 0 Å². The molecule has 18 aromatic rings. The number of fused-ring (bicyclic) bond motifs is 6. The van der Waals surface area contributed by atoms with Gasteiger partial charge in [0, 0.05) is 18.6 Å². The van der Waals surface area contributed by atoms with Gasteiger partial charge in [0.05, 0.1) is 1.28 Å². The molecule has 0 aliphatic carbocycles. The minimum atomic E-state index is 0. The molecule has 0 amide bonds. The average molecular weight is 1710 g/mol. The molecule has 113 heavy (non-hydrogen) atoms. The van der Waals surface area contributed by atoms with Crippen molar-refractivity contribution >= 4 is 146 Å². The van der Waals surface area contributed by atoms with Gasteiger partial charge in [-0.25, -0.2) is 0 Å². The molecule has 1 atom stereocenters. The van der Waals surface area contributed by atoms with E-state index >= 15 is 0 Å². The van der Waals surface area contributed by atoms with Gasteiger partial charge in [0.25, 0.3) is 0 Å². The Labute approximate surface area is 705 Å². The molecule has 0 aliphatic rings. The number of hydrogen-bond acceptors (Lipinski definition) is 0. The Morgan fingerprint density at radius 3 is 0.717 bits per heavy atom. The second kappa shape index (κ2) is 33.4. The Kier molecular flexibility index (Phi) is 23.4. The van der Waals surface area contributed by atoms with Crippen molar-refractivity contribution in [2.75, 3.05) is 0 Å². The molecule has 0 aliphatic heterocycles. The van der Waals surface area contributed by atoms with Crippen molar-refractivity contribution in [3.05, 3.63) is 407 Å². The predicted molar refractivity (Wildman–Crippen MR) is 501 cm³/mol. The van der Waals surface area contributed by atoms with Gasteiger partial charge in [-0.15, -0.1) is 0 Å². The third-order valence-corrected chi connectivity index (χ3v) is 22.3. The van der Waals surface area contributed by atoms with Crippen LogP contribution >= 0.6 is 9.84 Å². The summed E-state index contributed by atoms with van der Waals surface area (Å²) in [7, 11) is 1.67. The summed E-state index contributed by atoms with van der Waals surface area (Å²) in [5, 5.41) is 21.4. The molecular weight excluding hydrogens is 1610 g/mol. The van der Waals surface area contributed by atoms with Crippen molar-refractivity contribution in [2.24, 2.45) is 0 Å². The van der Waals surface area contributed by atoms with Gasteiger partial charge in [-0.2, -0.15) is 9.84 Å². The third kappa shape index (κ3) is 17.0. The maximum atomic E-state index is 5.67. The molecule has 0 nitrogen and oxygen atoms in total. The molecule has 0 N–H and O–H groups in total. The first-order valence-electron chi connectivity index (χ1n) is 39.7. The van der Waals surface area contributed by atoms with Crippen LogP contribution in [0.2, 0.25) is 0 Å². The van der Waals surface area contributed by atoms with Crippen LogP contribution in [0.3, 0.4) is 0 Å². The summed E-state index contributed by atoms with van der Waals surface area (Å²) >= 11 is 0. The minimum Gasteiger partial charge on any atom is -0.0616 e. The normalized spacial score (nSPS) is 11.7. The molecule has 0 aromatic heterocycles. The van der Waals surface area contributed by atoms with Crippen LogP contribution in [-0.2, 0) is 40.2 Å². The van der Waals surface area contributed by atoms with E-state index in [0.29, 0.717) is 0 Å². The summed E-state index contributed by atoms with van der Waals surface area (Å²) in [5.74, 6) is 0. The van der Waals surface area contributed by atoms with Crippen LogP contribution in [0.5, 0.6) is 0 Å². The van der Waals surface area contributed by atoms with E-state index in [9.17, 15) is 0 Å².